The Bertz CT molecular complexity index is 1250. The van der Waals surface area contributed by atoms with E-state index in [1.54, 1.807) is 11.8 Å². The molecule has 2 aromatic heterocycles. The molecule has 35 heavy (non-hydrogen) atoms. The zero-order chi connectivity index (χ0) is 24.8. The third-order valence-corrected chi connectivity index (χ3v) is 4.93. The molecular formula is C23H23F3N6O3. The molecule has 0 spiro atoms. The summed E-state index contributed by atoms with van der Waals surface area (Å²) in [6.07, 6.45) is -3.85. The van der Waals surface area contributed by atoms with Crippen molar-refractivity contribution in [2.45, 2.75) is 26.3 Å². The maximum absolute atomic E-state index is 12.3. The molecule has 0 aliphatic carbocycles. The van der Waals surface area contributed by atoms with E-state index in [2.05, 4.69) is 30.3 Å². The number of aryl methyl sites for hydroxylation is 1. The normalized spacial score (nSPS) is 11.6. The lowest BCUT2D eigenvalue weighted by Crippen LogP contribution is -2.16. The van der Waals surface area contributed by atoms with Crippen molar-refractivity contribution in [3.63, 3.8) is 0 Å². The third kappa shape index (κ3) is 6.57. The molecule has 2 heterocycles. The SMILES string of the molecule is COCCCNc1cccc(Cn2nc(-c3nc(-c4ccc(OC(F)(F)F)cc4)no3)nc2C)c1. The first kappa shape index (κ1) is 24.2. The predicted octanol–water partition coefficient (Wildman–Crippen LogP) is 4.70. The highest BCUT2D eigenvalue weighted by Crippen LogP contribution is 2.26. The summed E-state index contributed by atoms with van der Waals surface area (Å²) in [5.74, 6) is 0.875. The zero-order valence-corrected chi connectivity index (χ0v) is 19.0. The van der Waals surface area contributed by atoms with Crippen molar-refractivity contribution < 1.29 is 27.2 Å². The highest BCUT2D eigenvalue weighted by molar-refractivity contribution is 5.57. The van der Waals surface area contributed by atoms with Gasteiger partial charge in [-0.25, -0.2) is 9.67 Å². The molecule has 0 aliphatic heterocycles. The van der Waals surface area contributed by atoms with Crippen LogP contribution in [0.4, 0.5) is 18.9 Å². The Morgan fingerprint density at radius 1 is 1.06 bits per heavy atom. The lowest BCUT2D eigenvalue weighted by molar-refractivity contribution is -0.274. The van der Waals surface area contributed by atoms with Gasteiger partial charge in [-0.2, -0.15) is 4.98 Å². The maximum Gasteiger partial charge on any atom is 0.573 e. The fourth-order valence-electron chi connectivity index (χ4n) is 3.30. The first-order valence-electron chi connectivity index (χ1n) is 10.7. The fraction of sp³-hybridized carbons (Fsp3) is 0.304. The molecule has 184 valence electrons. The fourth-order valence-corrected chi connectivity index (χ4v) is 3.30. The summed E-state index contributed by atoms with van der Waals surface area (Å²) in [5, 5.41) is 11.7. The maximum atomic E-state index is 12.3. The van der Waals surface area contributed by atoms with Crippen molar-refractivity contribution in [1.82, 2.24) is 24.9 Å². The Labute approximate surface area is 198 Å². The molecule has 0 unspecified atom stereocenters. The average molecular weight is 488 g/mol. The Hall–Kier alpha value is -3.93. The zero-order valence-electron chi connectivity index (χ0n) is 19.0. The Morgan fingerprint density at radius 3 is 2.60 bits per heavy atom. The van der Waals surface area contributed by atoms with Crippen molar-refractivity contribution >= 4 is 5.69 Å². The standard InChI is InChI=1S/C23H23F3N6O3/c1-15-28-21(30-32(15)14-16-5-3-6-18(13-16)27-11-4-12-33-2)22-29-20(31-35-22)17-7-9-19(10-8-17)34-23(24,25)26/h3,5-10,13,27H,4,11-12,14H2,1-2H3. The van der Waals surface area contributed by atoms with Crippen molar-refractivity contribution in [3.8, 4) is 28.9 Å². The summed E-state index contributed by atoms with van der Waals surface area (Å²) in [5.41, 5.74) is 2.50. The van der Waals surface area contributed by atoms with E-state index in [1.807, 2.05) is 31.2 Å². The van der Waals surface area contributed by atoms with Gasteiger partial charge in [0.05, 0.1) is 6.54 Å². The minimum Gasteiger partial charge on any atom is -0.406 e. The molecular weight excluding hydrogens is 465 g/mol. The molecule has 4 aromatic rings. The van der Waals surface area contributed by atoms with Crippen LogP contribution in [0.2, 0.25) is 0 Å². The molecule has 1 N–H and O–H groups in total. The van der Waals surface area contributed by atoms with Gasteiger partial charge in [-0.15, -0.1) is 18.3 Å². The van der Waals surface area contributed by atoms with Gasteiger partial charge < -0.3 is 19.3 Å². The van der Waals surface area contributed by atoms with E-state index >= 15 is 0 Å². The van der Waals surface area contributed by atoms with E-state index < -0.39 is 6.36 Å². The van der Waals surface area contributed by atoms with E-state index in [-0.39, 0.29) is 23.3 Å². The second kappa shape index (κ2) is 10.6. The smallest absolute Gasteiger partial charge is 0.406 e. The Kier molecular flexibility index (Phi) is 7.30. The van der Waals surface area contributed by atoms with Crippen molar-refractivity contribution in [1.29, 1.82) is 0 Å². The number of ether oxygens (including phenoxy) is 2. The van der Waals surface area contributed by atoms with Crippen LogP contribution in [0.25, 0.3) is 23.1 Å². The number of aromatic nitrogens is 5. The molecule has 0 radical (unpaired) electrons. The second-order valence-electron chi connectivity index (χ2n) is 7.61. The topological polar surface area (TPSA) is 100 Å². The number of nitrogens with zero attached hydrogens (tertiary/aromatic N) is 5. The van der Waals surface area contributed by atoms with Crippen LogP contribution in [0.5, 0.6) is 5.75 Å². The molecule has 12 heteroatoms. The molecule has 0 saturated carbocycles. The molecule has 0 amide bonds. The van der Waals surface area contributed by atoms with E-state index in [9.17, 15) is 13.2 Å². The number of halogens is 3. The number of hydrogen-bond acceptors (Lipinski definition) is 8. The van der Waals surface area contributed by atoms with Gasteiger partial charge in [-0.05, 0) is 55.3 Å². The summed E-state index contributed by atoms with van der Waals surface area (Å²) in [6, 6.07) is 13.2. The van der Waals surface area contributed by atoms with Crippen LogP contribution < -0.4 is 10.1 Å². The van der Waals surface area contributed by atoms with Gasteiger partial charge in [0.15, 0.2) is 0 Å². The van der Waals surface area contributed by atoms with Crippen molar-refractivity contribution in [3.05, 3.63) is 59.9 Å². The third-order valence-electron chi connectivity index (χ3n) is 4.93. The molecule has 0 atom stereocenters. The molecule has 0 fully saturated rings. The van der Waals surface area contributed by atoms with Gasteiger partial charge in [0, 0.05) is 31.5 Å². The monoisotopic (exact) mass is 488 g/mol. The van der Waals surface area contributed by atoms with Gasteiger partial charge >= 0.3 is 6.36 Å². The molecule has 9 nitrogen and oxygen atoms in total. The summed E-state index contributed by atoms with van der Waals surface area (Å²) >= 11 is 0. The first-order valence-corrected chi connectivity index (χ1v) is 10.7. The predicted molar refractivity (Wildman–Crippen MR) is 121 cm³/mol. The van der Waals surface area contributed by atoms with Crippen LogP contribution in [0.1, 0.15) is 17.8 Å². The quantitative estimate of drug-likeness (QED) is 0.321. The Balaban J connectivity index is 1.44. The van der Waals surface area contributed by atoms with E-state index in [4.69, 9.17) is 9.26 Å². The number of alkyl halides is 3. The Morgan fingerprint density at radius 2 is 1.86 bits per heavy atom. The molecule has 0 saturated heterocycles. The lowest BCUT2D eigenvalue weighted by atomic mass is 10.2. The summed E-state index contributed by atoms with van der Waals surface area (Å²) in [6.45, 7) is 3.82. The lowest BCUT2D eigenvalue weighted by Gasteiger charge is -2.09. The van der Waals surface area contributed by atoms with Crippen LogP contribution in [0.3, 0.4) is 0 Å². The van der Waals surface area contributed by atoms with Gasteiger partial charge in [0.2, 0.25) is 11.6 Å². The van der Waals surface area contributed by atoms with E-state index in [0.717, 1.165) is 24.2 Å². The number of methoxy groups -OCH3 is 1. The van der Waals surface area contributed by atoms with Gasteiger partial charge in [0.25, 0.3) is 5.89 Å². The number of nitrogens with one attached hydrogen (secondary N) is 1. The first-order chi connectivity index (χ1) is 16.8. The van der Waals surface area contributed by atoms with Crippen LogP contribution in [0, 0.1) is 6.92 Å². The van der Waals surface area contributed by atoms with Crippen LogP contribution in [-0.2, 0) is 11.3 Å². The molecule has 0 aliphatic rings. The highest BCUT2D eigenvalue weighted by atomic mass is 19.4. The van der Waals surface area contributed by atoms with Gasteiger partial charge in [-0.1, -0.05) is 17.3 Å². The number of anilines is 1. The van der Waals surface area contributed by atoms with Crippen molar-refractivity contribution in [2.24, 2.45) is 0 Å². The minimum absolute atomic E-state index is 0.103. The van der Waals surface area contributed by atoms with Crippen molar-refractivity contribution in [2.75, 3.05) is 25.6 Å². The molecule has 4 rings (SSSR count). The largest absolute Gasteiger partial charge is 0.573 e. The number of rotatable bonds is 10. The highest BCUT2D eigenvalue weighted by Gasteiger charge is 2.31. The molecule has 0 bridgehead atoms. The average Bonchev–Trinajstić information content (AvgIpc) is 3.44. The van der Waals surface area contributed by atoms with E-state index in [1.165, 1.54) is 24.3 Å². The summed E-state index contributed by atoms with van der Waals surface area (Å²) in [7, 11) is 1.68. The van der Waals surface area contributed by atoms with E-state index in [0.29, 0.717) is 24.5 Å². The second-order valence-corrected chi connectivity index (χ2v) is 7.61. The van der Waals surface area contributed by atoms with Crippen LogP contribution >= 0.6 is 0 Å². The number of benzene rings is 2. The van der Waals surface area contributed by atoms with Crippen LogP contribution in [-0.4, -0.2) is 51.5 Å². The summed E-state index contributed by atoms with van der Waals surface area (Å²) < 4.78 is 53.0. The minimum atomic E-state index is -4.76. The summed E-state index contributed by atoms with van der Waals surface area (Å²) in [4.78, 5) is 8.69. The number of hydrogen-bond donors (Lipinski definition) is 1. The van der Waals surface area contributed by atoms with Crippen LogP contribution in [0.15, 0.2) is 53.1 Å². The molecule has 2 aromatic carbocycles. The van der Waals surface area contributed by atoms with Gasteiger partial charge in [-0.3, -0.25) is 0 Å². The van der Waals surface area contributed by atoms with Gasteiger partial charge in [0.1, 0.15) is 11.6 Å².